The van der Waals surface area contributed by atoms with Crippen LogP contribution in [0, 0.1) is 17.0 Å². The highest BCUT2D eigenvalue weighted by atomic mass is 32.2. The van der Waals surface area contributed by atoms with Crippen molar-refractivity contribution in [1.82, 2.24) is 10.0 Å². The first-order valence-corrected chi connectivity index (χ1v) is 9.79. The predicted molar refractivity (Wildman–Crippen MR) is 114 cm³/mol. The number of hydrogen-bond donors (Lipinski definition) is 3. The number of carbonyl (C=O) groups is 1. The number of nitrogens with zero attached hydrogens (tertiary/aromatic N) is 2. The summed E-state index contributed by atoms with van der Waals surface area (Å²) in [6.07, 6.45) is 0. The van der Waals surface area contributed by atoms with Crippen LogP contribution in [0.1, 0.15) is 33.3 Å². The molecule has 29 heavy (non-hydrogen) atoms. The van der Waals surface area contributed by atoms with Gasteiger partial charge in [0.25, 0.3) is 5.69 Å². The van der Waals surface area contributed by atoms with Crippen molar-refractivity contribution in [3.8, 4) is 11.5 Å². The number of rotatable bonds is 7. The lowest BCUT2D eigenvalue weighted by atomic mass is 10.2. The summed E-state index contributed by atoms with van der Waals surface area (Å²) in [5.41, 5.74) is 0.756. The molecule has 2 rings (SSSR count). The number of aryl methyl sites for hydroxylation is 1. The van der Waals surface area contributed by atoms with Crippen molar-refractivity contribution in [2.75, 3.05) is 4.47 Å². The molecule has 0 spiro atoms. The van der Waals surface area contributed by atoms with Crippen LogP contribution in [0.15, 0.2) is 42.5 Å². The maximum absolute atomic E-state index is 11.7. The smallest absolute Gasteiger partial charge is 0.326 e. The minimum absolute atomic E-state index is 0.0144. The molecule has 158 valence electrons. The highest BCUT2D eigenvalue weighted by molar-refractivity contribution is 7.99. The highest BCUT2D eigenvalue weighted by Gasteiger charge is 2.19. The van der Waals surface area contributed by atoms with E-state index in [9.17, 15) is 20.1 Å². The number of nitrogens with one attached hydrogen (secondary N) is 2. The van der Waals surface area contributed by atoms with Crippen LogP contribution in [0.5, 0.6) is 11.5 Å². The maximum atomic E-state index is 11.7. The van der Waals surface area contributed by atoms with Crippen molar-refractivity contribution < 1.29 is 19.7 Å². The normalized spacial score (nSPS) is 9.90. The lowest BCUT2D eigenvalue weighted by molar-refractivity contribution is -0.384. The molecule has 0 aromatic heterocycles. The SMILES string of the molecule is CC.Cc1cccc(Oc2ccc([N+](=O)[O-])cc2N(O)SNC(=O)NC(C)C)c1. The second kappa shape index (κ2) is 11.8. The number of non-ortho nitro benzene ring substituents is 1. The van der Waals surface area contributed by atoms with Gasteiger partial charge in [-0.15, -0.1) is 0 Å². The molecule has 2 amide bonds. The van der Waals surface area contributed by atoms with Gasteiger partial charge in [-0.3, -0.25) is 20.0 Å². The van der Waals surface area contributed by atoms with Gasteiger partial charge in [-0.2, -0.15) is 4.47 Å². The monoisotopic (exact) mass is 422 g/mol. The lowest BCUT2D eigenvalue weighted by Crippen LogP contribution is -2.37. The first-order chi connectivity index (χ1) is 13.8. The third kappa shape index (κ3) is 7.88. The minimum atomic E-state index is -0.586. The molecule has 0 saturated heterocycles. The van der Waals surface area contributed by atoms with E-state index in [0.717, 1.165) is 11.6 Å². The predicted octanol–water partition coefficient (Wildman–Crippen LogP) is 5.19. The third-order valence-corrected chi connectivity index (χ3v) is 3.87. The number of nitro benzene ring substituents is 1. The van der Waals surface area contributed by atoms with Gasteiger partial charge in [0.05, 0.1) is 17.1 Å². The van der Waals surface area contributed by atoms with Crippen molar-refractivity contribution in [2.24, 2.45) is 0 Å². The van der Waals surface area contributed by atoms with Crippen molar-refractivity contribution >= 4 is 29.5 Å². The fourth-order valence-electron chi connectivity index (χ4n) is 2.09. The molecule has 0 unspecified atom stereocenters. The first-order valence-electron chi connectivity index (χ1n) is 9.01. The van der Waals surface area contributed by atoms with Crippen LogP contribution in [-0.2, 0) is 0 Å². The van der Waals surface area contributed by atoms with Gasteiger partial charge in [0.2, 0.25) is 0 Å². The molecule has 0 bridgehead atoms. The van der Waals surface area contributed by atoms with Gasteiger partial charge >= 0.3 is 6.03 Å². The summed E-state index contributed by atoms with van der Waals surface area (Å²) in [5, 5.41) is 23.9. The average Bonchev–Trinajstić information content (AvgIpc) is 2.67. The Morgan fingerprint density at radius 3 is 2.52 bits per heavy atom. The number of benzene rings is 2. The molecule has 0 saturated carbocycles. The zero-order valence-corrected chi connectivity index (χ0v) is 17.8. The Labute approximate surface area is 174 Å². The number of anilines is 1. The molecule has 0 atom stereocenters. The van der Waals surface area contributed by atoms with Crippen LogP contribution < -0.4 is 19.2 Å². The zero-order valence-electron chi connectivity index (χ0n) is 17.0. The summed E-state index contributed by atoms with van der Waals surface area (Å²) in [6, 6.07) is 10.4. The molecular weight excluding hydrogens is 396 g/mol. The zero-order chi connectivity index (χ0) is 22.0. The largest absolute Gasteiger partial charge is 0.455 e. The molecule has 0 aliphatic heterocycles. The third-order valence-electron chi connectivity index (χ3n) is 3.22. The Hall–Kier alpha value is -2.98. The Morgan fingerprint density at radius 1 is 1.24 bits per heavy atom. The minimum Gasteiger partial charge on any atom is -0.455 e. The summed E-state index contributed by atoms with van der Waals surface area (Å²) in [6.45, 7) is 9.47. The topological polar surface area (TPSA) is 117 Å². The summed E-state index contributed by atoms with van der Waals surface area (Å²) in [4.78, 5) is 22.1. The van der Waals surface area contributed by atoms with Gasteiger partial charge < -0.3 is 10.1 Å². The van der Waals surface area contributed by atoms with Crippen molar-refractivity contribution in [3.05, 3.63) is 58.1 Å². The number of carbonyl (C=O) groups excluding carboxylic acids is 1. The summed E-state index contributed by atoms with van der Waals surface area (Å²) >= 11 is 0.552. The van der Waals surface area contributed by atoms with Gasteiger partial charge in [0.1, 0.15) is 11.4 Å². The van der Waals surface area contributed by atoms with E-state index >= 15 is 0 Å². The molecule has 0 radical (unpaired) electrons. The van der Waals surface area contributed by atoms with E-state index in [0.29, 0.717) is 22.4 Å². The van der Waals surface area contributed by atoms with Crippen LogP contribution in [0.4, 0.5) is 16.2 Å². The average molecular weight is 423 g/mol. The molecule has 0 heterocycles. The highest BCUT2D eigenvalue weighted by Crippen LogP contribution is 2.37. The van der Waals surface area contributed by atoms with E-state index in [2.05, 4.69) is 10.0 Å². The Morgan fingerprint density at radius 2 is 1.93 bits per heavy atom. The van der Waals surface area contributed by atoms with Crippen LogP contribution in [0.3, 0.4) is 0 Å². The van der Waals surface area contributed by atoms with Gasteiger partial charge in [0.15, 0.2) is 5.75 Å². The molecular formula is C19H26N4O5S. The summed E-state index contributed by atoms with van der Waals surface area (Å²) < 4.78 is 8.73. The van der Waals surface area contributed by atoms with Crippen LogP contribution in [0.25, 0.3) is 0 Å². The van der Waals surface area contributed by atoms with E-state index in [1.807, 2.05) is 26.8 Å². The molecule has 0 aliphatic carbocycles. The number of urea groups is 1. The van der Waals surface area contributed by atoms with Gasteiger partial charge in [-0.1, -0.05) is 26.0 Å². The molecule has 10 heteroatoms. The maximum Gasteiger partial charge on any atom is 0.326 e. The van der Waals surface area contributed by atoms with E-state index in [1.165, 1.54) is 12.1 Å². The van der Waals surface area contributed by atoms with Crippen LogP contribution in [-0.4, -0.2) is 22.2 Å². The fraction of sp³-hybridized carbons (Fsp3) is 0.316. The van der Waals surface area contributed by atoms with Gasteiger partial charge in [-0.25, -0.2) is 4.79 Å². The Kier molecular flexibility index (Phi) is 9.76. The Bertz CT molecular complexity index is 832. The first kappa shape index (κ1) is 24.1. The van der Waals surface area contributed by atoms with Crippen LogP contribution >= 0.6 is 12.1 Å². The fourth-order valence-corrected chi connectivity index (χ4v) is 2.56. The number of nitro groups is 1. The quantitative estimate of drug-likeness (QED) is 0.319. The van der Waals surface area contributed by atoms with Crippen molar-refractivity contribution in [1.29, 1.82) is 0 Å². The van der Waals surface area contributed by atoms with E-state index < -0.39 is 11.0 Å². The molecule has 2 aromatic carbocycles. The van der Waals surface area contributed by atoms with E-state index in [-0.39, 0.29) is 23.2 Å². The molecule has 0 fully saturated rings. The molecule has 2 aromatic rings. The number of hydrogen-bond acceptors (Lipinski definition) is 7. The van der Waals surface area contributed by atoms with Gasteiger partial charge in [0, 0.05) is 18.2 Å². The number of amides is 2. The van der Waals surface area contributed by atoms with E-state index in [1.54, 1.807) is 32.0 Å². The van der Waals surface area contributed by atoms with Gasteiger partial charge in [-0.05, 0) is 44.5 Å². The van der Waals surface area contributed by atoms with E-state index in [4.69, 9.17) is 4.74 Å². The standard InChI is InChI=1S/C17H20N4O5S.C2H6/c1-11(2)18-17(22)19-27-21(25)15-10-13(20(23)24)7-8-16(15)26-14-6-4-5-12(3)9-14;1-2/h4-11,25H,1-3H3,(H2,18,19,22);1-2H3. The second-order valence-electron chi connectivity index (χ2n) is 5.92. The lowest BCUT2D eigenvalue weighted by Gasteiger charge is -2.19. The molecule has 3 N–H and O–H groups in total. The second-order valence-corrected chi connectivity index (χ2v) is 6.65. The van der Waals surface area contributed by atoms with Crippen molar-refractivity contribution in [2.45, 2.75) is 40.7 Å². The molecule has 9 nitrogen and oxygen atoms in total. The Balaban J connectivity index is 0.00000204. The van der Waals surface area contributed by atoms with Crippen LogP contribution in [0.2, 0.25) is 0 Å². The van der Waals surface area contributed by atoms with Crippen molar-refractivity contribution in [3.63, 3.8) is 0 Å². The summed E-state index contributed by atoms with van der Waals surface area (Å²) in [7, 11) is 0. The summed E-state index contributed by atoms with van der Waals surface area (Å²) in [5.74, 6) is 0.696. The molecule has 0 aliphatic rings. The number of ether oxygens (including phenoxy) is 1.